The molecule has 220 valence electrons. The lowest BCUT2D eigenvalue weighted by Gasteiger charge is -2.73. The van der Waals surface area contributed by atoms with Crippen LogP contribution in [0.3, 0.4) is 0 Å². The van der Waals surface area contributed by atoms with Crippen LogP contribution in [0.1, 0.15) is 128 Å². The van der Waals surface area contributed by atoms with Crippen molar-refractivity contribution in [2.45, 2.75) is 128 Å². The van der Waals surface area contributed by atoms with Crippen LogP contribution in [0.25, 0.3) is 0 Å². The van der Waals surface area contributed by atoms with Crippen LogP contribution in [-0.2, 0) is 0 Å². The van der Waals surface area contributed by atoms with Gasteiger partial charge in [-0.2, -0.15) is 0 Å². The van der Waals surface area contributed by atoms with E-state index in [1.165, 1.54) is 107 Å². The van der Waals surface area contributed by atoms with Gasteiger partial charge in [0, 0.05) is 0 Å². The molecule has 0 aromatic rings. The summed E-state index contributed by atoms with van der Waals surface area (Å²) in [7, 11) is 0. The number of fused-ring (bicyclic) bond motifs is 6. The Morgan fingerprint density at radius 3 is 0.600 bits per heavy atom. The zero-order chi connectivity index (χ0) is 25.7. The minimum absolute atomic E-state index is 1.16. The third-order valence-corrected chi connectivity index (χ3v) is 19.0. The third kappa shape index (κ3) is 2.99. The Balaban J connectivity index is 0.967. The molecule has 0 N–H and O–H groups in total. The number of hydrogen-bond donors (Lipinski definition) is 0. The maximum atomic E-state index is 1.70. The van der Waals surface area contributed by atoms with Crippen molar-refractivity contribution in [2.24, 2.45) is 118 Å². The van der Waals surface area contributed by atoms with Crippen LogP contribution < -0.4 is 0 Å². The minimum Gasteiger partial charge on any atom is -0.0527 e. The zero-order valence-electron chi connectivity index (χ0n) is 25.7. The summed E-state index contributed by atoms with van der Waals surface area (Å²) in [6.45, 7) is 0. The Morgan fingerprint density at radius 1 is 0.175 bits per heavy atom. The van der Waals surface area contributed by atoms with Crippen LogP contribution in [0.2, 0.25) is 0 Å². The fourth-order valence-corrected chi connectivity index (χ4v) is 19.0. The minimum atomic E-state index is 1.16. The van der Waals surface area contributed by atoms with E-state index in [-0.39, 0.29) is 0 Å². The van der Waals surface area contributed by atoms with Crippen molar-refractivity contribution in [2.75, 3.05) is 0 Å². The highest BCUT2D eigenvalue weighted by Crippen LogP contribution is 2.75. The molecule has 12 unspecified atom stereocenters. The van der Waals surface area contributed by atoms with Crippen LogP contribution in [0.15, 0.2) is 0 Å². The van der Waals surface area contributed by atoms with Crippen molar-refractivity contribution >= 4 is 0 Å². The average Bonchev–Trinajstić information content (AvgIpc) is 3.01. The maximum absolute atomic E-state index is 1.70. The van der Waals surface area contributed by atoms with E-state index in [9.17, 15) is 0 Å². The van der Waals surface area contributed by atoms with Gasteiger partial charge in [0.15, 0.2) is 0 Å². The lowest BCUT2D eigenvalue weighted by Crippen LogP contribution is -2.66. The molecular weight excluding hydrogens is 480 g/mol. The fourth-order valence-electron chi connectivity index (χ4n) is 19.0. The Bertz CT molecular complexity index is 860. The van der Waals surface area contributed by atoms with Gasteiger partial charge in [-0.05, 0) is 195 Å². The second-order valence-electron chi connectivity index (χ2n) is 19.0. The summed E-state index contributed by atoms with van der Waals surface area (Å²) in [5, 5.41) is 0. The summed E-state index contributed by atoms with van der Waals surface area (Å²) in [4.78, 5) is 0. The van der Waals surface area contributed by atoms with Gasteiger partial charge in [0.1, 0.15) is 0 Å². The van der Waals surface area contributed by atoms with Crippen LogP contribution in [-0.4, -0.2) is 0 Å². The smallest absolute Gasteiger partial charge is 0.0318 e. The van der Waals surface area contributed by atoms with Gasteiger partial charge in [0.25, 0.3) is 0 Å². The molecule has 11 aliphatic carbocycles. The molecule has 40 heavy (non-hydrogen) atoms. The first-order chi connectivity index (χ1) is 19.9. The highest BCUT2D eigenvalue weighted by Gasteiger charge is 2.68. The molecule has 11 saturated carbocycles. The SMILES string of the molecule is C1CC2CCCC3C4CCC5C6CCC7C8CCCC9CCCC(C%10CCC(C%11CCC(C(C1)C23)C4C%115)C6C%107)C98. The largest absolute Gasteiger partial charge is 0.0527 e. The molecule has 0 amide bonds. The van der Waals surface area contributed by atoms with Gasteiger partial charge in [-0.15, -0.1) is 0 Å². The predicted molar refractivity (Wildman–Crippen MR) is 162 cm³/mol. The highest BCUT2D eigenvalue weighted by atomic mass is 14.7. The Labute approximate surface area is 246 Å². The van der Waals surface area contributed by atoms with Crippen LogP contribution >= 0.6 is 0 Å². The molecule has 12 atom stereocenters. The third-order valence-electron chi connectivity index (χ3n) is 19.0. The summed E-state index contributed by atoms with van der Waals surface area (Å²) in [5.41, 5.74) is 0. The number of hydrogen-bond acceptors (Lipinski definition) is 0. The average molecular weight is 541 g/mol. The Kier molecular flexibility index (Phi) is 5.35. The van der Waals surface area contributed by atoms with E-state index in [0.717, 1.165) is 11.8 Å². The van der Waals surface area contributed by atoms with Crippen molar-refractivity contribution in [3.8, 4) is 0 Å². The van der Waals surface area contributed by atoms with E-state index in [4.69, 9.17) is 0 Å². The summed E-state index contributed by atoms with van der Waals surface area (Å²) < 4.78 is 0. The van der Waals surface area contributed by atoms with E-state index in [1.54, 1.807) is 128 Å². The van der Waals surface area contributed by atoms with E-state index >= 15 is 0 Å². The van der Waals surface area contributed by atoms with E-state index in [1.807, 2.05) is 0 Å². The maximum Gasteiger partial charge on any atom is -0.0318 e. The molecule has 0 aromatic carbocycles. The summed E-state index contributed by atoms with van der Waals surface area (Å²) in [5.74, 6) is 23.6. The van der Waals surface area contributed by atoms with Gasteiger partial charge < -0.3 is 0 Å². The second kappa shape index (κ2) is 8.80. The van der Waals surface area contributed by atoms with Gasteiger partial charge in [0.2, 0.25) is 0 Å². The lowest BCUT2D eigenvalue weighted by molar-refractivity contribution is -0.243. The van der Waals surface area contributed by atoms with Gasteiger partial charge in [-0.3, -0.25) is 0 Å². The molecule has 0 aromatic heterocycles. The van der Waals surface area contributed by atoms with Crippen LogP contribution in [0, 0.1) is 118 Å². The fraction of sp³-hybridized carbons (Fsp3) is 1.00. The van der Waals surface area contributed by atoms with E-state index < -0.39 is 0 Å². The quantitative estimate of drug-likeness (QED) is 0.287. The molecule has 0 heterocycles. The lowest BCUT2D eigenvalue weighted by atomic mass is 9.32. The molecular formula is C40H60. The number of rotatable bonds is 0. The highest BCUT2D eigenvalue weighted by molar-refractivity contribution is 5.17. The van der Waals surface area contributed by atoms with Gasteiger partial charge >= 0.3 is 0 Å². The van der Waals surface area contributed by atoms with Crippen molar-refractivity contribution in [3.63, 3.8) is 0 Å². The van der Waals surface area contributed by atoms with Crippen molar-refractivity contribution in [1.82, 2.24) is 0 Å². The monoisotopic (exact) mass is 540 g/mol. The molecule has 0 saturated heterocycles. The van der Waals surface area contributed by atoms with Crippen LogP contribution in [0.4, 0.5) is 0 Å². The van der Waals surface area contributed by atoms with E-state index in [0.29, 0.717) is 0 Å². The Morgan fingerprint density at radius 2 is 0.375 bits per heavy atom. The van der Waals surface area contributed by atoms with Crippen molar-refractivity contribution in [1.29, 1.82) is 0 Å². The molecule has 11 aliphatic rings. The molecule has 0 radical (unpaired) electrons. The second-order valence-corrected chi connectivity index (χ2v) is 19.0. The molecule has 11 fully saturated rings. The van der Waals surface area contributed by atoms with Gasteiger partial charge in [-0.1, -0.05) is 51.4 Å². The molecule has 0 nitrogen and oxygen atoms in total. The molecule has 0 bridgehead atoms. The standard InChI is InChI=1S/C40H60/c1-5-21-6-2-10-24-28-14-18-32-34-20-16-30-26-12-4-8-22-7-3-11-25(36(22)26)29-15-19-33(40(34)38(29)30)31-17-13-27(37(28)39(31)32)23(9-1)35(21)24/h21-40H,1-20H2. The van der Waals surface area contributed by atoms with E-state index in [2.05, 4.69) is 0 Å². The summed E-state index contributed by atoms with van der Waals surface area (Å²) in [6.07, 6.45) is 33.0. The normalized spacial score (nSPS) is 66.0. The first kappa shape index (κ1) is 24.3. The van der Waals surface area contributed by atoms with Gasteiger partial charge in [-0.25, -0.2) is 0 Å². The van der Waals surface area contributed by atoms with Gasteiger partial charge in [0.05, 0.1) is 0 Å². The summed E-state index contributed by atoms with van der Waals surface area (Å²) in [6, 6.07) is 0. The Hall–Kier alpha value is 0. The molecule has 0 aliphatic heterocycles. The van der Waals surface area contributed by atoms with Crippen LogP contribution in [0.5, 0.6) is 0 Å². The van der Waals surface area contributed by atoms with Crippen molar-refractivity contribution in [3.05, 3.63) is 0 Å². The first-order valence-corrected chi connectivity index (χ1v) is 19.9. The zero-order valence-corrected chi connectivity index (χ0v) is 25.7. The topological polar surface area (TPSA) is 0 Å². The first-order valence-electron chi connectivity index (χ1n) is 19.9. The van der Waals surface area contributed by atoms with Crippen molar-refractivity contribution < 1.29 is 0 Å². The molecule has 0 heteroatoms. The molecule has 11 rings (SSSR count). The molecule has 0 spiro atoms. The summed E-state index contributed by atoms with van der Waals surface area (Å²) >= 11 is 0. The predicted octanol–water partition coefficient (Wildman–Crippen LogP) is 10.3.